The fourth-order valence-electron chi connectivity index (χ4n) is 5.21. The monoisotopic (exact) mass is 600 g/mol. The van der Waals surface area contributed by atoms with E-state index in [0.29, 0.717) is 5.17 Å². The van der Waals surface area contributed by atoms with Crippen LogP contribution in [0.1, 0.15) is 45.7 Å². The summed E-state index contributed by atoms with van der Waals surface area (Å²) in [6.45, 7) is 13.2. The number of amides is 2. The smallest absolute Gasteiger partial charge is 0.408 e. The molecule has 2 saturated heterocycles. The molecule has 0 aliphatic carbocycles. The van der Waals surface area contributed by atoms with Crippen molar-refractivity contribution in [3.63, 3.8) is 0 Å². The second-order valence-electron chi connectivity index (χ2n) is 11.4. The van der Waals surface area contributed by atoms with Crippen LogP contribution < -0.4 is 15.1 Å². The molecule has 2 fully saturated rings. The van der Waals surface area contributed by atoms with Crippen LogP contribution in [0.2, 0.25) is 0 Å². The lowest BCUT2D eigenvalue weighted by molar-refractivity contribution is -0.119. The first-order valence-corrected chi connectivity index (χ1v) is 16.7. The minimum absolute atomic E-state index is 0.00127. The van der Waals surface area contributed by atoms with Gasteiger partial charge in [-0.15, -0.1) is 0 Å². The van der Waals surface area contributed by atoms with Gasteiger partial charge < -0.3 is 19.9 Å². The first-order valence-electron chi connectivity index (χ1n) is 14.0. The molecular weight excluding hydrogens is 560 g/mol. The van der Waals surface area contributed by atoms with Crippen LogP contribution in [-0.2, 0) is 25.8 Å². The number of thioether (sulfide) groups is 1. The first kappa shape index (κ1) is 30.9. The predicted molar refractivity (Wildman–Crippen MR) is 167 cm³/mol. The summed E-state index contributed by atoms with van der Waals surface area (Å²) < 4.78 is 30.6. The van der Waals surface area contributed by atoms with E-state index in [4.69, 9.17) is 4.74 Å². The summed E-state index contributed by atoms with van der Waals surface area (Å²) in [6.07, 6.45) is -0.465. The van der Waals surface area contributed by atoms with Crippen LogP contribution in [0.5, 0.6) is 0 Å². The molecule has 9 nitrogen and oxygen atoms in total. The third-order valence-corrected chi connectivity index (χ3v) is 10.3. The molecule has 11 heteroatoms. The largest absolute Gasteiger partial charge is 0.444 e. The third kappa shape index (κ3) is 7.62. The third-order valence-electron chi connectivity index (χ3n) is 7.11. The number of alkyl carbamates (subject to hydrolysis) is 1. The maximum atomic E-state index is 13.7. The van der Waals surface area contributed by atoms with Crippen LogP contribution >= 0.6 is 11.8 Å². The van der Waals surface area contributed by atoms with Gasteiger partial charge in [-0.3, -0.25) is 4.79 Å². The fraction of sp³-hybridized carbons (Fsp3) is 0.500. The number of rotatable bonds is 8. The number of hydrogen-bond donors (Lipinski definition) is 1. The Kier molecular flexibility index (Phi) is 9.38. The molecule has 222 valence electrons. The van der Waals surface area contributed by atoms with Crippen molar-refractivity contribution in [2.75, 3.05) is 34.4 Å². The zero-order chi connectivity index (χ0) is 29.9. The Hall–Kier alpha value is -3.05. The molecule has 0 bridgehead atoms. The van der Waals surface area contributed by atoms with Crippen molar-refractivity contribution in [1.29, 1.82) is 0 Å². The molecule has 2 amide bonds. The quantitative estimate of drug-likeness (QED) is 0.469. The van der Waals surface area contributed by atoms with E-state index >= 15 is 0 Å². The van der Waals surface area contributed by atoms with Gasteiger partial charge in [0.2, 0.25) is 0 Å². The molecule has 2 aliphatic heterocycles. The SMILES string of the molecule is CCN(CC)c1ccc(N2C(=NC(=O)[C@H](Cc3ccccc3)NC(=O)OC(C)(C)C)S[C@H]3CS(=O)(=O)C[C@@H]32)c(C)c1. The number of anilines is 2. The Labute approximate surface area is 247 Å². The summed E-state index contributed by atoms with van der Waals surface area (Å²) in [5.41, 5.74) is 3.00. The van der Waals surface area contributed by atoms with E-state index in [9.17, 15) is 18.0 Å². The number of ether oxygens (including phenoxy) is 1. The summed E-state index contributed by atoms with van der Waals surface area (Å²) in [4.78, 5) is 35.1. The number of benzene rings is 2. The highest BCUT2D eigenvalue weighted by atomic mass is 32.2. The van der Waals surface area contributed by atoms with Gasteiger partial charge in [-0.05, 0) is 70.9 Å². The summed E-state index contributed by atoms with van der Waals surface area (Å²) in [5, 5.41) is 2.92. The molecule has 0 radical (unpaired) electrons. The van der Waals surface area contributed by atoms with Crippen LogP contribution in [-0.4, -0.2) is 73.1 Å². The van der Waals surface area contributed by atoms with Crippen LogP contribution in [0, 0.1) is 6.92 Å². The molecule has 2 aromatic rings. The number of amidine groups is 1. The zero-order valence-corrected chi connectivity index (χ0v) is 26.2. The van der Waals surface area contributed by atoms with E-state index in [0.717, 1.165) is 35.6 Å². The van der Waals surface area contributed by atoms with Gasteiger partial charge in [-0.1, -0.05) is 42.1 Å². The maximum Gasteiger partial charge on any atom is 0.408 e. The number of sulfone groups is 1. The van der Waals surface area contributed by atoms with Crippen molar-refractivity contribution in [2.45, 2.75) is 70.9 Å². The Balaban J connectivity index is 1.69. The Bertz CT molecular complexity index is 1400. The highest BCUT2D eigenvalue weighted by Gasteiger charge is 2.50. The van der Waals surface area contributed by atoms with E-state index in [-0.39, 0.29) is 29.2 Å². The minimum atomic E-state index is -3.22. The molecule has 2 aromatic carbocycles. The lowest BCUT2D eigenvalue weighted by atomic mass is 10.1. The number of carbonyl (C=O) groups excluding carboxylic acids is 2. The van der Waals surface area contributed by atoms with Gasteiger partial charge >= 0.3 is 6.09 Å². The fourth-order valence-corrected chi connectivity index (χ4v) is 9.13. The topological polar surface area (TPSA) is 108 Å². The van der Waals surface area contributed by atoms with Gasteiger partial charge in [-0.25, -0.2) is 13.2 Å². The van der Waals surface area contributed by atoms with Gasteiger partial charge in [0.15, 0.2) is 15.0 Å². The van der Waals surface area contributed by atoms with Crippen molar-refractivity contribution in [1.82, 2.24) is 5.32 Å². The van der Waals surface area contributed by atoms with Crippen LogP contribution in [0.3, 0.4) is 0 Å². The molecule has 1 N–H and O–H groups in total. The van der Waals surface area contributed by atoms with Gasteiger partial charge in [0.25, 0.3) is 5.91 Å². The minimum Gasteiger partial charge on any atom is -0.444 e. The molecule has 0 saturated carbocycles. The van der Waals surface area contributed by atoms with Crippen molar-refractivity contribution in [3.05, 3.63) is 59.7 Å². The second-order valence-corrected chi connectivity index (χ2v) is 14.8. The number of nitrogens with zero attached hydrogens (tertiary/aromatic N) is 3. The van der Waals surface area contributed by atoms with Crippen molar-refractivity contribution < 1.29 is 22.7 Å². The van der Waals surface area contributed by atoms with E-state index in [2.05, 4.69) is 35.1 Å². The number of aryl methyl sites for hydroxylation is 1. The number of hydrogen-bond acceptors (Lipinski definition) is 7. The lowest BCUT2D eigenvalue weighted by Crippen LogP contribution is -2.45. The van der Waals surface area contributed by atoms with Crippen molar-refractivity contribution >= 4 is 50.1 Å². The summed E-state index contributed by atoms with van der Waals surface area (Å²) in [7, 11) is -3.22. The molecule has 2 aliphatic rings. The van der Waals surface area contributed by atoms with E-state index in [1.54, 1.807) is 20.8 Å². The lowest BCUT2D eigenvalue weighted by Gasteiger charge is -2.28. The van der Waals surface area contributed by atoms with Crippen molar-refractivity contribution in [2.24, 2.45) is 4.99 Å². The molecule has 0 spiro atoms. The van der Waals surface area contributed by atoms with Gasteiger partial charge in [0, 0.05) is 36.1 Å². The molecule has 2 heterocycles. The normalized spacial score (nSPS) is 21.4. The standard InChI is InChI=1S/C30H40N4O5S2/c1-7-33(8-2)22-14-15-24(20(3)16-22)34-25-18-41(37,38)19-26(25)40-28(34)32-27(35)23(17-21-12-10-9-11-13-21)31-29(36)39-30(4,5)6/h9-16,23,25-26H,7-8,17-19H2,1-6H3,(H,31,36)/t23-,25-,26-/m0/s1. The Morgan fingerprint density at radius 3 is 2.41 bits per heavy atom. The van der Waals surface area contributed by atoms with Crippen LogP contribution in [0.4, 0.5) is 16.2 Å². The molecule has 0 aromatic heterocycles. The summed E-state index contributed by atoms with van der Waals surface area (Å²) in [5.74, 6) is -0.488. The van der Waals surface area contributed by atoms with Gasteiger partial charge in [0.05, 0.1) is 17.5 Å². The van der Waals surface area contributed by atoms with E-state index in [1.165, 1.54) is 11.8 Å². The average Bonchev–Trinajstić information content (AvgIpc) is 3.34. The zero-order valence-electron chi connectivity index (χ0n) is 24.6. The molecular formula is C30H40N4O5S2. The van der Waals surface area contributed by atoms with Crippen molar-refractivity contribution in [3.8, 4) is 0 Å². The average molecular weight is 601 g/mol. The summed E-state index contributed by atoms with van der Waals surface area (Å²) >= 11 is 1.32. The first-order chi connectivity index (χ1) is 19.3. The maximum absolute atomic E-state index is 13.7. The highest BCUT2D eigenvalue weighted by molar-refractivity contribution is 8.16. The van der Waals surface area contributed by atoms with E-state index in [1.807, 2.05) is 54.3 Å². The molecule has 4 rings (SSSR count). The second kappa shape index (κ2) is 12.4. The number of aliphatic imine (C=N–C) groups is 1. The van der Waals surface area contributed by atoms with Crippen LogP contribution in [0.25, 0.3) is 0 Å². The Morgan fingerprint density at radius 2 is 1.80 bits per heavy atom. The Morgan fingerprint density at radius 1 is 1.12 bits per heavy atom. The predicted octanol–water partition coefficient (Wildman–Crippen LogP) is 4.58. The van der Waals surface area contributed by atoms with Gasteiger partial charge in [0.1, 0.15) is 11.6 Å². The number of carbonyl (C=O) groups is 2. The molecule has 0 unspecified atom stereocenters. The number of nitrogens with one attached hydrogen (secondary N) is 1. The molecule has 41 heavy (non-hydrogen) atoms. The summed E-state index contributed by atoms with van der Waals surface area (Å²) in [6, 6.07) is 14.2. The highest BCUT2D eigenvalue weighted by Crippen LogP contribution is 2.42. The van der Waals surface area contributed by atoms with Crippen LogP contribution in [0.15, 0.2) is 53.5 Å². The molecule has 3 atom stereocenters. The van der Waals surface area contributed by atoms with E-state index < -0.39 is 33.5 Å². The van der Waals surface area contributed by atoms with Gasteiger partial charge in [-0.2, -0.15) is 4.99 Å². The number of fused-ring (bicyclic) bond motifs is 1.